The maximum absolute atomic E-state index is 12.2. The van der Waals surface area contributed by atoms with Crippen LogP contribution in [0.2, 0.25) is 0 Å². The van der Waals surface area contributed by atoms with Crippen molar-refractivity contribution < 1.29 is 14.3 Å². The van der Waals surface area contributed by atoms with Crippen molar-refractivity contribution in [1.82, 2.24) is 15.1 Å². The zero-order valence-electron chi connectivity index (χ0n) is 13.4. The second-order valence-corrected chi connectivity index (χ2v) is 5.86. The van der Waals surface area contributed by atoms with E-state index in [9.17, 15) is 4.79 Å². The summed E-state index contributed by atoms with van der Waals surface area (Å²) in [7, 11) is 3.26. The molecular weight excluding hydrogens is 294 g/mol. The summed E-state index contributed by atoms with van der Waals surface area (Å²) in [6.07, 6.45) is 5.44. The Labute approximate surface area is 135 Å². The lowest BCUT2D eigenvalue weighted by Gasteiger charge is -2.13. The maximum Gasteiger partial charge on any atom is 0.228 e. The van der Waals surface area contributed by atoms with E-state index in [1.807, 2.05) is 30.5 Å². The molecule has 23 heavy (non-hydrogen) atoms. The minimum atomic E-state index is -0.312. The molecule has 1 N–H and O–H groups in total. The van der Waals surface area contributed by atoms with Crippen molar-refractivity contribution in [3.05, 3.63) is 42.2 Å². The number of methoxy groups -OCH3 is 2. The van der Waals surface area contributed by atoms with Gasteiger partial charge in [-0.3, -0.25) is 4.79 Å². The number of nitrogens with zero attached hydrogens (tertiary/aromatic N) is 2. The first kappa shape index (κ1) is 15.6. The maximum atomic E-state index is 12.2. The van der Waals surface area contributed by atoms with Crippen LogP contribution in [0.4, 0.5) is 0 Å². The summed E-state index contributed by atoms with van der Waals surface area (Å²) in [6.45, 7) is 0.943. The molecule has 2 aromatic rings. The number of carbonyl (C=O) groups is 1. The van der Waals surface area contributed by atoms with Gasteiger partial charge in [-0.15, -0.1) is 0 Å². The van der Waals surface area contributed by atoms with Gasteiger partial charge in [0.25, 0.3) is 0 Å². The number of para-hydroxylation sites is 2. The Bertz CT molecular complexity index is 692. The molecule has 0 atom stereocenters. The monoisotopic (exact) mass is 315 g/mol. The van der Waals surface area contributed by atoms with E-state index < -0.39 is 0 Å². The van der Waals surface area contributed by atoms with E-state index in [2.05, 4.69) is 10.4 Å². The molecule has 1 amide bonds. The molecule has 6 heteroatoms. The van der Waals surface area contributed by atoms with E-state index in [4.69, 9.17) is 9.47 Å². The molecule has 1 aliphatic carbocycles. The van der Waals surface area contributed by atoms with E-state index in [-0.39, 0.29) is 11.3 Å². The Balaban J connectivity index is 1.65. The van der Waals surface area contributed by atoms with Gasteiger partial charge < -0.3 is 14.8 Å². The van der Waals surface area contributed by atoms with Crippen molar-refractivity contribution in [1.29, 1.82) is 0 Å². The van der Waals surface area contributed by atoms with Gasteiger partial charge in [-0.25, -0.2) is 4.68 Å². The van der Waals surface area contributed by atoms with Crippen LogP contribution in [0.1, 0.15) is 18.4 Å². The lowest BCUT2D eigenvalue weighted by Crippen LogP contribution is -2.34. The largest absolute Gasteiger partial charge is 0.494 e. The first-order valence-corrected chi connectivity index (χ1v) is 7.63. The molecule has 0 bridgehead atoms. The van der Waals surface area contributed by atoms with Crippen LogP contribution in [-0.4, -0.2) is 36.5 Å². The highest BCUT2D eigenvalue weighted by molar-refractivity contribution is 5.85. The van der Waals surface area contributed by atoms with Crippen molar-refractivity contribution in [3.63, 3.8) is 0 Å². The Morgan fingerprint density at radius 1 is 1.35 bits per heavy atom. The average Bonchev–Trinajstić information content (AvgIpc) is 3.21. The summed E-state index contributed by atoms with van der Waals surface area (Å²) in [5, 5.41) is 7.32. The topological polar surface area (TPSA) is 65.4 Å². The number of benzene rings is 1. The van der Waals surface area contributed by atoms with Gasteiger partial charge in [0.2, 0.25) is 5.91 Å². The van der Waals surface area contributed by atoms with Crippen molar-refractivity contribution in [2.24, 2.45) is 5.41 Å². The molecule has 0 radical (unpaired) electrons. The second-order valence-electron chi connectivity index (χ2n) is 5.86. The molecule has 1 heterocycles. The first-order valence-electron chi connectivity index (χ1n) is 7.63. The number of aromatic nitrogens is 2. The van der Waals surface area contributed by atoms with Gasteiger partial charge in [0.15, 0.2) is 0 Å². The number of nitrogens with one attached hydrogen (secondary N) is 1. The molecule has 6 nitrogen and oxygen atoms in total. The molecule has 1 aliphatic rings. The van der Waals surface area contributed by atoms with E-state index >= 15 is 0 Å². The predicted molar refractivity (Wildman–Crippen MR) is 85.5 cm³/mol. The van der Waals surface area contributed by atoms with E-state index in [0.29, 0.717) is 13.2 Å². The summed E-state index contributed by atoms with van der Waals surface area (Å²) < 4.78 is 12.2. The van der Waals surface area contributed by atoms with Crippen LogP contribution in [0, 0.1) is 5.41 Å². The quantitative estimate of drug-likeness (QED) is 0.848. The number of hydrogen-bond donors (Lipinski definition) is 1. The summed E-state index contributed by atoms with van der Waals surface area (Å²) in [5.74, 6) is 0.813. The zero-order valence-corrected chi connectivity index (χ0v) is 13.4. The molecular formula is C17H21N3O3. The highest BCUT2D eigenvalue weighted by Gasteiger charge is 2.49. The highest BCUT2D eigenvalue weighted by atomic mass is 16.5. The van der Waals surface area contributed by atoms with Gasteiger partial charge in [-0.1, -0.05) is 12.1 Å². The molecule has 1 aromatic heterocycles. The third kappa shape index (κ3) is 3.22. The molecule has 122 valence electrons. The third-order valence-electron chi connectivity index (χ3n) is 4.18. The molecule has 0 aliphatic heterocycles. The minimum Gasteiger partial charge on any atom is -0.494 e. The Hall–Kier alpha value is -2.34. The lowest BCUT2D eigenvalue weighted by atomic mass is 10.1. The zero-order chi connectivity index (χ0) is 16.3. The smallest absolute Gasteiger partial charge is 0.228 e. The van der Waals surface area contributed by atoms with E-state index in [1.54, 1.807) is 25.1 Å². The summed E-state index contributed by atoms with van der Waals surface area (Å²) >= 11 is 0. The van der Waals surface area contributed by atoms with Gasteiger partial charge in [0.05, 0.1) is 25.3 Å². The molecule has 0 unspecified atom stereocenters. The van der Waals surface area contributed by atoms with Crippen LogP contribution in [0.15, 0.2) is 36.7 Å². The Kier molecular flexibility index (Phi) is 4.34. The second kappa shape index (κ2) is 6.42. The standard InChI is InChI=1S/C17H21N3O3/c1-22-12-17(7-8-17)16(21)18-9-13-10-19-20(11-13)14-5-3-4-6-15(14)23-2/h3-6,10-11H,7-9,12H2,1-2H3,(H,18,21). The predicted octanol–water partition coefficient (Wildman–Crippen LogP) is 1.92. The molecule has 0 saturated heterocycles. The minimum absolute atomic E-state index is 0.0596. The van der Waals surface area contributed by atoms with Crippen LogP contribution < -0.4 is 10.1 Å². The van der Waals surface area contributed by atoms with Gasteiger partial charge >= 0.3 is 0 Å². The first-order chi connectivity index (χ1) is 11.2. The van der Waals surface area contributed by atoms with Gasteiger partial charge in [0.1, 0.15) is 11.4 Å². The van der Waals surface area contributed by atoms with Gasteiger partial charge in [-0.2, -0.15) is 5.10 Å². The number of amides is 1. The van der Waals surface area contributed by atoms with Crippen LogP contribution >= 0.6 is 0 Å². The normalized spacial score (nSPS) is 15.2. The molecule has 1 fully saturated rings. The molecule has 1 aromatic carbocycles. The third-order valence-corrected chi connectivity index (χ3v) is 4.18. The van der Waals surface area contributed by atoms with E-state index in [1.165, 1.54) is 0 Å². The fraction of sp³-hybridized carbons (Fsp3) is 0.412. The van der Waals surface area contributed by atoms with Crippen molar-refractivity contribution >= 4 is 5.91 Å². The van der Waals surface area contributed by atoms with E-state index in [0.717, 1.165) is 29.8 Å². The molecule has 1 saturated carbocycles. The summed E-state index contributed by atoms with van der Waals surface area (Å²) in [4.78, 5) is 12.2. The van der Waals surface area contributed by atoms with Crippen LogP contribution in [0.25, 0.3) is 5.69 Å². The van der Waals surface area contributed by atoms with Crippen LogP contribution in [-0.2, 0) is 16.1 Å². The van der Waals surface area contributed by atoms with Crippen molar-refractivity contribution in [2.45, 2.75) is 19.4 Å². The number of carbonyl (C=O) groups excluding carboxylic acids is 1. The number of ether oxygens (including phenoxy) is 2. The van der Waals surface area contributed by atoms with Gasteiger partial charge in [0, 0.05) is 25.4 Å². The van der Waals surface area contributed by atoms with Crippen molar-refractivity contribution in [2.75, 3.05) is 20.8 Å². The average molecular weight is 315 g/mol. The fourth-order valence-electron chi connectivity index (χ4n) is 2.64. The SMILES string of the molecule is COCC1(C(=O)NCc2cnn(-c3ccccc3OC)c2)CC1. The van der Waals surface area contributed by atoms with Crippen LogP contribution in [0.3, 0.4) is 0 Å². The Morgan fingerprint density at radius 2 is 2.13 bits per heavy atom. The summed E-state index contributed by atoms with van der Waals surface area (Å²) in [5.41, 5.74) is 1.50. The molecule has 3 rings (SSSR count). The highest BCUT2D eigenvalue weighted by Crippen LogP contribution is 2.45. The van der Waals surface area contributed by atoms with Crippen molar-refractivity contribution in [3.8, 4) is 11.4 Å². The van der Waals surface area contributed by atoms with Gasteiger partial charge in [-0.05, 0) is 25.0 Å². The fourth-order valence-corrected chi connectivity index (χ4v) is 2.64. The number of rotatable bonds is 7. The summed E-state index contributed by atoms with van der Waals surface area (Å²) in [6, 6.07) is 7.67. The number of hydrogen-bond acceptors (Lipinski definition) is 4. The van der Waals surface area contributed by atoms with Crippen LogP contribution in [0.5, 0.6) is 5.75 Å². The Morgan fingerprint density at radius 3 is 2.83 bits per heavy atom. The lowest BCUT2D eigenvalue weighted by molar-refractivity contribution is -0.128. The molecule has 0 spiro atoms.